The van der Waals surface area contributed by atoms with Crippen molar-refractivity contribution in [1.29, 1.82) is 0 Å². The highest BCUT2D eigenvalue weighted by Gasteiger charge is 2.24. The van der Waals surface area contributed by atoms with Crippen molar-refractivity contribution >= 4 is 32.3 Å². The second-order valence-corrected chi connectivity index (χ2v) is 15.7. The first-order valence-corrected chi connectivity index (χ1v) is 14.6. The molecule has 1 atom stereocenters. The summed E-state index contributed by atoms with van der Waals surface area (Å²) in [5, 5.41) is 0. The Hall–Kier alpha value is -0.293. The summed E-state index contributed by atoms with van der Waals surface area (Å²) >= 11 is 0. The monoisotopic (exact) mass is 404 g/mol. The van der Waals surface area contributed by atoms with Crippen LogP contribution in [0.15, 0.2) is 0 Å². The first kappa shape index (κ1) is 23.7. The Labute approximate surface area is 145 Å². The van der Waals surface area contributed by atoms with Crippen LogP contribution in [0.25, 0.3) is 0 Å². The van der Waals surface area contributed by atoms with Gasteiger partial charge >= 0.3 is 17.8 Å². The van der Waals surface area contributed by atoms with Gasteiger partial charge in [-0.15, -0.1) is 0 Å². The van der Waals surface area contributed by atoms with Gasteiger partial charge in [0.15, 0.2) is 0 Å². The molecule has 0 spiro atoms. The number of nitrogens with zero attached hydrogens (tertiary/aromatic N) is 1. The molecule has 1 N–H and O–H groups in total. The highest BCUT2D eigenvalue weighted by atomic mass is 32.2. The van der Waals surface area contributed by atoms with E-state index in [9.17, 15) is 17.8 Å². The van der Waals surface area contributed by atoms with Gasteiger partial charge in [0.2, 0.25) is 6.41 Å². The zero-order valence-corrected chi connectivity index (χ0v) is 17.7. The van der Waals surface area contributed by atoms with Crippen molar-refractivity contribution in [3.05, 3.63) is 0 Å². The Kier molecular flexibility index (Phi) is 10.5. The third-order valence-electron chi connectivity index (χ3n) is 2.78. The molecule has 24 heavy (non-hydrogen) atoms. The summed E-state index contributed by atoms with van der Waals surface area (Å²) in [7, 11) is -8.73. The molecular weight excluding hydrogens is 375 g/mol. The topological polar surface area (TPSA) is 111 Å². The fourth-order valence-electron chi connectivity index (χ4n) is 1.43. The Balaban J connectivity index is 4.40. The predicted octanol–water partition coefficient (Wildman–Crippen LogP) is 1.82. The van der Waals surface area contributed by atoms with Gasteiger partial charge in [0.1, 0.15) is 0 Å². The SMILES string of the molecule is CCOP(=O)(CC)OCCNS(=O)(=O)N(C=O)OCC[Si](C)(C)C. The van der Waals surface area contributed by atoms with Gasteiger partial charge in [-0.05, 0) is 13.0 Å². The number of hydrogen-bond acceptors (Lipinski definition) is 7. The van der Waals surface area contributed by atoms with Gasteiger partial charge in [-0.3, -0.25) is 14.2 Å². The van der Waals surface area contributed by atoms with E-state index in [1.54, 1.807) is 13.8 Å². The highest BCUT2D eigenvalue weighted by molar-refractivity contribution is 7.87. The minimum atomic E-state index is -4.13. The minimum Gasteiger partial charge on any atom is -0.309 e. The molecule has 0 radical (unpaired) electrons. The maximum atomic E-state index is 12.0. The van der Waals surface area contributed by atoms with E-state index in [1.807, 2.05) is 0 Å². The number of carbonyl (C=O) groups is 1. The van der Waals surface area contributed by atoms with Crippen molar-refractivity contribution in [1.82, 2.24) is 9.19 Å². The fraction of sp³-hybridized carbons (Fsp3) is 0.917. The number of carbonyl (C=O) groups excluding carboxylic acids is 1. The normalized spacial score (nSPS) is 15.0. The predicted molar refractivity (Wildman–Crippen MR) is 94.7 cm³/mol. The van der Waals surface area contributed by atoms with Gasteiger partial charge in [-0.25, -0.2) is 0 Å². The smallest absolute Gasteiger partial charge is 0.309 e. The quantitative estimate of drug-likeness (QED) is 0.154. The number of rotatable bonds is 14. The Morgan fingerprint density at radius 2 is 1.79 bits per heavy atom. The molecule has 0 heterocycles. The molecule has 0 aliphatic rings. The van der Waals surface area contributed by atoms with Gasteiger partial charge in [0, 0.05) is 20.8 Å². The average Bonchev–Trinajstić information content (AvgIpc) is 2.47. The zero-order chi connectivity index (χ0) is 18.9. The van der Waals surface area contributed by atoms with Crippen LogP contribution in [-0.2, 0) is 33.5 Å². The summed E-state index contributed by atoms with van der Waals surface area (Å²) in [6.07, 6.45) is 0.276. The van der Waals surface area contributed by atoms with Crippen LogP contribution in [0.2, 0.25) is 25.7 Å². The first-order valence-electron chi connectivity index (χ1n) is 7.75. The maximum Gasteiger partial charge on any atom is 0.330 e. The summed E-state index contributed by atoms with van der Waals surface area (Å²) in [4.78, 5) is 15.9. The number of nitrogens with one attached hydrogen (secondary N) is 1. The lowest BCUT2D eigenvalue weighted by atomic mass is 10.8. The van der Waals surface area contributed by atoms with Crippen LogP contribution in [0, 0.1) is 0 Å². The molecule has 0 saturated carbocycles. The minimum absolute atomic E-state index is 0.0878. The van der Waals surface area contributed by atoms with Crippen molar-refractivity contribution in [2.45, 2.75) is 39.5 Å². The standard InChI is InChI=1S/C12H29N2O7PSSi/c1-6-20-22(16,7-2)21-9-8-13-23(17,18)14(12-15)19-10-11-24(3,4)5/h12-13H,6-11H2,1-5H3. The summed E-state index contributed by atoms with van der Waals surface area (Å²) in [5.74, 6) is 0. The maximum absolute atomic E-state index is 12.0. The van der Waals surface area contributed by atoms with Gasteiger partial charge in [-0.1, -0.05) is 31.0 Å². The van der Waals surface area contributed by atoms with Gasteiger partial charge in [0.25, 0.3) is 0 Å². The Morgan fingerprint density at radius 1 is 1.17 bits per heavy atom. The molecule has 0 saturated heterocycles. The van der Waals surface area contributed by atoms with E-state index in [1.165, 1.54) is 0 Å². The van der Waals surface area contributed by atoms with E-state index in [2.05, 4.69) is 24.4 Å². The summed E-state index contributed by atoms with van der Waals surface area (Å²) in [6.45, 7) is 9.73. The van der Waals surface area contributed by atoms with E-state index in [-0.39, 0.29) is 43.4 Å². The van der Waals surface area contributed by atoms with Gasteiger partial charge in [-0.2, -0.15) is 13.1 Å². The van der Waals surface area contributed by atoms with E-state index in [0.29, 0.717) is 6.04 Å². The third kappa shape index (κ3) is 9.87. The number of hydrogen-bond donors (Lipinski definition) is 1. The lowest BCUT2D eigenvalue weighted by Crippen LogP contribution is -2.41. The second-order valence-electron chi connectivity index (χ2n) is 6.08. The average molecular weight is 404 g/mol. The lowest BCUT2D eigenvalue weighted by molar-refractivity contribution is -0.142. The molecule has 0 aliphatic carbocycles. The van der Waals surface area contributed by atoms with Crippen LogP contribution in [-0.4, -0.2) is 59.9 Å². The van der Waals surface area contributed by atoms with Crippen LogP contribution in [0.5, 0.6) is 0 Å². The molecule has 0 fully saturated rings. The molecule has 0 bridgehead atoms. The first-order chi connectivity index (χ1) is 11.0. The Morgan fingerprint density at radius 3 is 2.25 bits per heavy atom. The molecule has 12 heteroatoms. The van der Waals surface area contributed by atoms with E-state index >= 15 is 0 Å². The second kappa shape index (κ2) is 10.6. The molecule has 1 unspecified atom stereocenters. The summed E-state index contributed by atoms with van der Waals surface area (Å²) in [6, 6.07) is 0.712. The lowest BCUT2D eigenvalue weighted by Gasteiger charge is -2.21. The molecule has 0 rings (SSSR count). The van der Waals surface area contributed by atoms with Gasteiger partial charge in [0.05, 0.1) is 19.8 Å². The highest BCUT2D eigenvalue weighted by Crippen LogP contribution is 2.47. The molecule has 9 nitrogen and oxygen atoms in total. The van der Waals surface area contributed by atoms with Crippen molar-refractivity contribution in [2.24, 2.45) is 0 Å². The van der Waals surface area contributed by atoms with Crippen LogP contribution >= 0.6 is 7.60 Å². The van der Waals surface area contributed by atoms with Crippen molar-refractivity contribution in [2.75, 3.05) is 32.5 Å². The largest absolute Gasteiger partial charge is 0.330 e. The summed E-state index contributed by atoms with van der Waals surface area (Å²) < 4.78 is 48.5. The van der Waals surface area contributed by atoms with E-state index in [0.717, 1.165) is 0 Å². The van der Waals surface area contributed by atoms with Crippen molar-refractivity contribution < 1.29 is 31.7 Å². The number of hydroxylamine groups is 1. The van der Waals surface area contributed by atoms with Crippen LogP contribution in [0.3, 0.4) is 0 Å². The molecule has 144 valence electrons. The van der Waals surface area contributed by atoms with Gasteiger partial charge < -0.3 is 9.05 Å². The van der Waals surface area contributed by atoms with Crippen LogP contribution in [0.1, 0.15) is 13.8 Å². The summed E-state index contributed by atoms with van der Waals surface area (Å²) in [5.41, 5.74) is 0. The van der Waals surface area contributed by atoms with Crippen molar-refractivity contribution in [3.63, 3.8) is 0 Å². The molecule has 0 aliphatic heterocycles. The van der Waals surface area contributed by atoms with Crippen LogP contribution < -0.4 is 4.72 Å². The fourth-order valence-corrected chi connectivity index (χ4v) is 4.14. The van der Waals surface area contributed by atoms with E-state index in [4.69, 9.17) is 13.9 Å². The molecule has 0 aromatic rings. The molecule has 0 aromatic carbocycles. The zero-order valence-electron chi connectivity index (χ0n) is 15.0. The Bertz CT molecular complexity index is 524. The molecular formula is C12H29N2O7PSSi. The molecule has 1 amide bonds. The van der Waals surface area contributed by atoms with Crippen LogP contribution in [0.4, 0.5) is 0 Å². The number of amides is 1. The third-order valence-corrected chi connectivity index (χ3v) is 7.72. The molecule has 0 aromatic heterocycles. The van der Waals surface area contributed by atoms with E-state index < -0.39 is 25.9 Å². The van der Waals surface area contributed by atoms with Crippen molar-refractivity contribution in [3.8, 4) is 0 Å².